The van der Waals surface area contributed by atoms with Crippen LogP contribution in [0, 0.1) is 11.7 Å². The second kappa shape index (κ2) is 6.87. The van der Waals surface area contributed by atoms with Crippen molar-refractivity contribution in [1.82, 2.24) is 10.2 Å². The number of aromatic hydroxyl groups is 1. The number of hydrogen-bond donors (Lipinski definition) is 2. The van der Waals surface area contributed by atoms with Crippen LogP contribution in [-0.2, 0) is 6.54 Å². The van der Waals surface area contributed by atoms with E-state index < -0.39 is 5.82 Å². The van der Waals surface area contributed by atoms with Crippen molar-refractivity contribution < 1.29 is 9.50 Å². The summed E-state index contributed by atoms with van der Waals surface area (Å²) in [4.78, 5) is 2.48. The molecule has 1 fully saturated rings. The maximum atomic E-state index is 13.2. The molecule has 1 heterocycles. The quantitative estimate of drug-likeness (QED) is 0.859. The number of rotatable bonds is 5. The average molecular weight is 266 g/mol. The highest BCUT2D eigenvalue weighted by Gasteiger charge is 2.17. The molecule has 4 heteroatoms. The van der Waals surface area contributed by atoms with Crippen LogP contribution in [-0.4, -0.2) is 36.2 Å². The van der Waals surface area contributed by atoms with Crippen molar-refractivity contribution in [1.29, 1.82) is 0 Å². The largest absolute Gasteiger partial charge is 0.505 e. The van der Waals surface area contributed by atoms with E-state index in [1.54, 1.807) is 6.07 Å². The van der Waals surface area contributed by atoms with Gasteiger partial charge in [-0.25, -0.2) is 4.39 Å². The molecule has 0 bridgehead atoms. The Bertz CT molecular complexity index is 403. The molecule has 1 aliphatic heterocycles. The third-order valence-electron chi connectivity index (χ3n) is 3.93. The number of phenols is 1. The molecule has 0 aromatic heterocycles. The number of likely N-dealkylation sites (tertiary alicyclic amines) is 1. The van der Waals surface area contributed by atoms with E-state index >= 15 is 0 Å². The number of halogens is 1. The minimum absolute atomic E-state index is 0.282. The Labute approximate surface area is 114 Å². The van der Waals surface area contributed by atoms with Gasteiger partial charge in [-0.3, -0.25) is 0 Å². The van der Waals surface area contributed by atoms with Gasteiger partial charge in [-0.05, 0) is 62.6 Å². The molecule has 2 rings (SSSR count). The Morgan fingerprint density at radius 2 is 2.11 bits per heavy atom. The van der Waals surface area contributed by atoms with Crippen LogP contribution in [0.25, 0.3) is 0 Å². The molecular formula is C15H23FN2O. The van der Waals surface area contributed by atoms with Crippen LogP contribution in [0.1, 0.15) is 25.3 Å². The lowest BCUT2D eigenvalue weighted by Gasteiger charge is -2.31. The third kappa shape index (κ3) is 4.18. The van der Waals surface area contributed by atoms with E-state index in [2.05, 4.69) is 17.1 Å². The topological polar surface area (TPSA) is 35.5 Å². The lowest BCUT2D eigenvalue weighted by molar-refractivity contribution is 0.190. The van der Waals surface area contributed by atoms with Gasteiger partial charge in [-0.2, -0.15) is 0 Å². The summed E-state index contributed by atoms with van der Waals surface area (Å²) >= 11 is 0. The lowest BCUT2D eigenvalue weighted by Crippen LogP contribution is -2.36. The molecule has 1 saturated heterocycles. The first kappa shape index (κ1) is 14.3. The molecule has 3 nitrogen and oxygen atoms in total. The van der Waals surface area contributed by atoms with Gasteiger partial charge in [0.05, 0.1) is 0 Å². The Hall–Kier alpha value is -1.13. The summed E-state index contributed by atoms with van der Waals surface area (Å²) in [5.41, 5.74) is 0.876. The van der Waals surface area contributed by atoms with Gasteiger partial charge >= 0.3 is 0 Å². The molecule has 2 N–H and O–H groups in total. The number of benzene rings is 1. The number of nitrogens with zero attached hydrogens (tertiary/aromatic N) is 1. The minimum Gasteiger partial charge on any atom is -0.505 e. The molecule has 0 amide bonds. The molecule has 0 unspecified atom stereocenters. The number of piperidine rings is 1. The van der Waals surface area contributed by atoms with Crippen LogP contribution in [0.5, 0.6) is 5.75 Å². The maximum Gasteiger partial charge on any atom is 0.165 e. The van der Waals surface area contributed by atoms with E-state index in [0.717, 1.165) is 24.6 Å². The highest BCUT2D eigenvalue weighted by molar-refractivity contribution is 5.27. The summed E-state index contributed by atoms with van der Waals surface area (Å²) in [6.45, 7) is 7.38. The van der Waals surface area contributed by atoms with Gasteiger partial charge in [0.15, 0.2) is 11.6 Å². The average Bonchev–Trinajstić information content (AvgIpc) is 2.43. The molecular weight excluding hydrogens is 243 g/mol. The van der Waals surface area contributed by atoms with Crippen molar-refractivity contribution in [2.75, 3.05) is 26.2 Å². The number of hydrogen-bond acceptors (Lipinski definition) is 3. The Balaban J connectivity index is 1.70. The molecule has 106 valence electrons. The number of phenolic OH excluding ortho intramolecular Hbond substituents is 1. The van der Waals surface area contributed by atoms with Gasteiger partial charge in [-0.15, -0.1) is 0 Å². The van der Waals surface area contributed by atoms with Crippen LogP contribution < -0.4 is 5.32 Å². The van der Waals surface area contributed by atoms with Crippen molar-refractivity contribution in [2.24, 2.45) is 5.92 Å². The van der Waals surface area contributed by atoms with Crippen molar-refractivity contribution in [3.63, 3.8) is 0 Å². The van der Waals surface area contributed by atoms with Gasteiger partial charge in [0.1, 0.15) is 0 Å². The van der Waals surface area contributed by atoms with E-state index in [1.807, 2.05) is 0 Å². The van der Waals surface area contributed by atoms with Crippen molar-refractivity contribution in [3.05, 3.63) is 29.6 Å². The van der Waals surface area contributed by atoms with E-state index in [4.69, 9.17) is 5.11 Å². The second-order valence-electron chi connectivity index (χ2n) is 5.29. The van der Waals surface area contributed by atoms with Crippen LogP contribution in [0.15, 0.2) is 18.2 Å². The SMILES string of the molecule is CCN1CCC(CNCc2ccc(O)c(F)c2)CC1. The molecule has 0 atom stereocenters. The van der Waals surface area contributed by atoms with E-state index in [1.165, 1.54) is 38.1 Å². The first-order chi connectivity index (χ1) is 9.19. The molecule has 1 aromatic carbocycles. The van der Waals surface area contributed by atoms with Crippen molar-refractivity contribution in [2.45, 2.75) is 26.3 Å². The Morgan fingerprint density at radius 1 is 1.37 bits per heavy atom. The van der Waals surface area contributed by atoms with Gasteiger partial charge in [0, 0.05) is 6.54 Å². The third-order valence-corrected chi connectivity index (χ3v) is 3.93. The summed E-state index contributed by atoms with van der Waals surface area (Å²) in [7, 11) is 0. The Morgan fingerprint density at radius 3 is 2.74 bits per heavy atom. The highest BCUT2D eigenvalue weighted by atomic mass is 19.1. The van der Waals surface area contributed by atoms with Crippen molar-refractivity contribution in [3.8, 4) is 5.75 Å². The fraction of sp³-hybridized carbons (Fsp3) is 0.600. The summed E-state index contributed by atoms with van der Waals surface area (Å²) < 4.78 is 13.2. The zero-order valence-electron chi connectivity index (χ0n) is 11.5. The van der Waals surface area contributed by atoms with E-state index in [-0.39, 0.29) is 5.75 Å². The lowest BCUT2D eigenvalue weighted by atomic mass is 9.97. The first-order valence-corrected chi connectivity index (χ1v) is 7.09. The minimum atomic E-state index is -0.546. The van der Waals surface area contributed by atoms with E-state index in [0.29, 0.717) is 6.54 Å². The van der Waals surface area contributed by atoms with Gasteiger partial charge < -0.3 is 15.3 Å². The normalized spacial score (nSPS) is 17.8. The van der Waals surface area contributed by atoms with Crippen LogP contribution in [0.3, 0.4) is 0 Å². The van der Waals surface area contributed by atoms with Gasteiger partial charge in [0.25, 0.3) is 0 Å². The second-order valence-corrected chi connectivity index (χ2v) is 5.29. The predicted molar refractivity (Wildman–Crippen MR) is 74.6 cm³/mol. The molecule has 0 saturated carbocycles. The van der Waals surface area contributed by atoms with Crippen LogP contribution in [0.2, 0.25) is 0 Å². The molecule has 19 heavy (non-hydrogen) atoms. The Kier molecular flexibility index (Phi) is 5.16. The first-order valence-electron chi connectivity index (χ1n) is 7.09. The van der Waals surface area contributed by atoms with Gasteiger partial charge in [0.2, 0.25) is 0 Å². The summed E-state index contributed by atoms with van der Waals surface area (Å²) in [5, 5.41) is 12.5. The zero-order valence-corrected chi connectivity index (χ0v) is 11.5. The zero-order chi connectivity index (χ0) is 13.7. The van der Waals surface area contributed by atoms with Crippen LogP contribution in [0.4, 0.5) is 4.39 Å². The molecule has 1 aliphatic rings. The fourth-order valence-corrected chi connectivity index (χ4v) is 2.59. The monoisotopic (exact) mass is 266 g/mol. The summed E-state index contributed by atoms with van der Waals surface area (Å²) in [6.07, 6.45) is 2.48. The smallest absolute Gasteiger partial charge is 0.165 e. The highest BCUT2D eigenvalue weighted by Crippen LogP contribution is 2.17. The number of nitrogens with one attached hydrogen (secondary N) is 1. The maximum absolute atomic E-state index is 13.2. The summed E-state index contributed by atoms with van der Waals surface area (Å²) in [5.74, 6) is -0.101. The molecule has 0 spiro atoms. The molecule has 0 aliphatic carbocycles. The van der Waals surface area contributed by atoms with E-state index in [9.17, 15) is 4.39 Å². The van der Waals surface area contributed by atoms with Crippen molar-refractivity contribution >= 4 is 0 Å². The fourth-order valence-electron chi connectivity index (χ4n) is 2.59. The van der Waals surface area contributed by atoms with Gasteiger partial charge in [-0.1, -0.05) is 13.0 Å². The summed E-state index contributed by atoms with van der Waals surface area (Å²) in [6, 6.07) is 4.55. The molecule has 0 radical (unpaired) electrons. The standard InChI is InChI=1S/C15H23FN2O/c1-2-18-7-5-12(6-8-18)10-17-11-13-3-4-15(19)14(16)9-13/h3-4,9,12,17,19H,2,5-8,10-11H2,1H3. The predicted octanol–water partition coefficient (Wildman–Crippen LogP) is 2.35. The molecule has 1 aromatic rings. The van der Waals surface area contributed by atoms with Crippen LogP contribution >= 0.6 is 0 Å².